The summed E-state index contributed by atoms with van der Waals surface area (Å²) in [6.45, 7) is 8.59. The van der Waals surface area contributed by atoms with E-state index in [1.807, 2.05) is 14.1 Å². The fourth-order valence-electron chi connectivity index (χ4n) is 3.64. The Morgan fingerprint density at radius 1 is 1.25 bits per heavy atom. The molecule has 0 aromatic heterocycles. The number of likely N-dealkylation sites (tertiary alicyclic amines) is 1. The number of aliphatic imine (C=N–C) groups is 1. The highest BCUT2D eigenvalue weighted by atomic mass is 16.2. The lowest BCUT2D eigenvalue weighted by atomic mass is 10.1. The summed E-state index contributed by atoms with van der Waals surface area (Å²) in [6, 6.07) is 8.69. The Kier molecular flexibility index (Phi) is 8.77. The number of nitrogens with one attached hydrogen (secondary N) is 1. The van der Waals surface area contributed by atoms with Gasteiger partial charge in [0.05, 0.1) is 6.04 Å². The van der Waals surface area contributed by atoms with E-state index in [9.17, 15) is 4.79 Å². The minimum atomic E-state index is 0.0522. The Morgan fingerprint density at radius 3 is 2.61 bits per heavy atom. The first-order valence-electron chi connectivity index (χ1n) is 10.4. The van der Waals surface area contributed by atoms with E-state index < -0.39 is 0 Å². The molecule has 1 heterocycles. The van der Waals surface area contributed by atoms with Gasteiger partial charge in [-0.1, -0.05) is 29.8 Å². The molecule has 0 aliphatic carbocycles. The molecule has 1 atom stereocenters. The van der Waals surface area contributed by atoms with Gasteiger partial charge in [-0.05, 0) is 45.2 Å². The molecule has 1 unspecified atom stereocenters. The third-order valence-corrected chi connectivity index (χ3v) is 5.19. The number of nitrogens with zero attached hydrogens (tertiary/aromatic N) is 4. The number of benzene rings is 1. The molecule has 156 valence electrons. The van der Waals surface area contributed by atoms with Crippen LogP contribution in [0.2, 0.25) is 0 Å². The Morgan fingerprint density at radius 2 is 1.96 bits per heavy atom. The van der Waals surface area contributed by atoms with Crippen molar-refractivity contribution in [1.29, 1.82) is 0 Å². The van der Waals surface area contributed by atoms with Crippen LogP contribution in [0.5, 0.6) is 0 Å². The van der Waals surface area contributed by atoms with Crippen molar-refractivity contribution in [2.75, 3.05) is 47.3 Å². The molecular weight excluding hydrogens is 350 g/mol. The van der Waals surface area contributed by atoms with Crippen molar-refractivity contribution >= 4 is 11.9 Å². The maximum absolute atomic E-state index is 12.3. The normalized spacial score (nSPS) is 17.6. The number of guanidine groups is 1. The zero-order chi connectivity index (χ0) is 20.5. The molecule has 1 aliphatic rings. The van der Waals surface area contributed by atoms with E-state index in [0.29, 0.717) is 0 Å². The van der Waals surface area contributed by atoms with Crippen LogP contribution in [0.4, 0.5) is 0 Å². The Labute approximate surface area is 170 Å². The highest BCUT2D eigenvalue weighted by molar-refractivity contribution is 5.81. The smallest absolute Gasteiger partial charge is 0.239 e. The van der Waals surface area contributed by atoms with Gasteiger partial charge < -0.3 is 15.1 Å². The van der Waals surface area contributed by atoms with Crippen molar-refractivity contribution in [3.63, 3.8) is 0 Å². The Bertz CT molecular complexity index is 641. The first-order valence-corrected chi connectivity index (χ1v) is 10.4. The SMILES string of the molecule is CCNC(=NCCCN1CCCC1C(=O)N(C)C)N(C)Cc1ccc(C)cc1. The quantitative estimate of drug-likeness (QED) is 0.423. The van der Waals surface area contributed by atoms with E-state index in [1.54, 1.807) is 4.90 Å². The highest BCUT2D eigenvalue weighted by Gasteiger charge is 2.30. The molecule has 1 aromatic carbocycles. The van der Waals surface area contributed by atoms with E-state index in [0.717, 1.165) is 57.9 Å². The summed E-state index contributed by atoms with van der Waals surface area (Å²) < 4.78 is 0. The molecule has 0 radical (unpaired) electrons. The maximum Gasteiger partial charge on any atom is 0.239 e. The molecule has 1 amide bonds. The largest absolute Gasteiger partial charge is 0.357 e. The van der Waals surface area contributed by atoms with Crippen molar-refractivity contribution < 1.29 is 4.79 Å². The molecule has 6 heteroatoms. The van der Waals surface area contributed by atoms with Crippen LogP contribution in [0.3, 0.4) is 0 Å². The molecule has 2 rings (SSSR count). The first kappa shape index (κ1) is 22.2. The van der Waals surface area contributed by atoms with Crippen LogP contribution in [-0.2, 0) is 11.3 Å². The Balaban J connectivity index is 1.86. The lowest BCUT2D eigenvalue weighted by molar-refractivity contribution is -0.133. The van der Waals surface area contributed by atoms with Crippen molar-refractivity contribution in [3.05, 3.63) is 35.4 Å². The van der Waals surface area contributed by atoms with Gasteiger partial charge in [-0.25, -0.2) is 0 Å². The van der Waals surface area contributed by atoms with Crippen LogP contribution in [0.25, 0.3) is 0 Å². The molecule has 1 saturated heterocycles. The van der Waals surface area contributed by atoms with Crippen molar-refractivity contribution in [3.8, 4) is 0 Å². The minimum absolute atomic E-state index is 0.0522. The first-order chi connectivity index (χ1) is 13.4. The van der Waals surface area contributed by atoms with Gasteiger partial charge >= 0.3 is 0 Å². The summed E-state index contributed by atoms with van der Waals surface area (Å²) in [5.74, 6) is 1.16. The van der Waals surface area contributed by atoms with Gasteiger partial charge in [-0.15, -0.1) is 0 Å². The zero-order valence-electron chi connectivity index (χ0n) is 18.2. The molecule has 1 N–H and O–H groups in total. The van der Waals surface area contributed by atoms with Crippen LogP contribution in [0, 0.1) is 6.92 Å². The summed E-state index contributed by atoms with van der Waals surface area (Å²) in [5, 5.41) is 3.39. The fraction of sp³-hybridized carbons (Fsp3) is 0.636. The van der Waals surface area contributed by atoms with Crippen LogP contribution in [0.15, 0.2) is 29.3 Å². The maximum atomic E-state index is 12.3. The van der Waals surface area contributed by atoms with Crippen molar-refractivity contribution in [2.45, 2.75) is 45.7 Å². The summed E-state index contributed by atoms with van der Waals surface area (Å²) in [6.07, 6.45) is 3.04. The standard InChI is InChI=1S/C22H37N5O/c1-6-23-22(26(5)17-19-12-10-18(2)11-13-19)24-14-8-16-27-15-7-9-20(27)21(28)25(3)4/h10-13,20H,6-9,14-17H2,1-5H3,(H,23,24). The number of likely N-dealkylation sites (N-methyl/N-ethyl adjacent to an activating group) is 1. The third kappa shape index (κ3) is 6.51. The van der Waals surface area contributed by atoms with E-state index in [2.05, 4.69) is 60.3 Å². The lowest BCUT2D eigenvalue weighted by Crippen LogP contribution is -2.43. The average molecular weight is 388 g/mol. The van der Waals surface area contributed by atoms with Gasteiger partial charge in [0.2, 0.25) is 5.91 Å². The molecule has 1 aromatic rings. The highest BCUT2D eigenvalue weighted by Crippen LogP contribution is 2.18. The lowest BCUT2D eigenvalue weighted by Gasteiger charge is -2.26. The number of carbonyl (C=O) groups is 1. The topological polar surface area (TPSA) is 51.2 Å². The van der Waals surface area contributed by atoms with Gasteiger partial charge in [-0.2, -0.15) is 0 Å². The summed E-state index contributed by atoms with van der Waals surface area (Å²) in [4.78, 5) is 23.3. The molecule has 1 fully saturated rings. The molecule has 1 aliphatic heterocycles. The fourth-order valence-corrected chi connectivity index (χ4v) is 3.64. The second-order valence-corrected chi connectivity index (χ2v) is 7.86. The van der Waals surface area contributed by atoms with Gasteiger partial charge in [0.1, 0.15) is 0 Å². The molecule has 0 spiro atoms. The van der Waals surface area contributed by atoms with Crippen molar-refractivity contribution in [1.82, 2.24) is 20.0 Å². The van der Waals surface area contributed by atoms with E-state index in [1.165, 1.54) is 11.1 Å². The van der Waals surface area contributed by atoms with Gasteiger partial charge in [0.15, 0.2) is 5.96 Å². The van der Waals surface area contributed by atoms with Crippen molar-refractivity contribution in [2.24, 2.45) is 4.99 Å². The predicted octanol–water partition coefficient (Wildman–Crippen LogP) is 2.34. The number of amides is 1. The van der Waals surface area contributed by atoms with Gasteiger partial charge in [0.25, 0.3) is 0 Å². The predicted molar refractivity (Wildman–Crippen MR) is 117 cm³/mol. The summed E-state index contributed by atoms with van der Waals surface area (Å²) in [7, 11) is 5.76. The molecule has 6 nitrogen and oxygen atoms in total. The number of aryl methyl sites for hydroxylation is 1. The van der Waals surface area contributed by atoms with Gasteiger partial charge in [-0.3, -0.25) is 14.7 Å². The zero-order valence-corrected chi connectivity index (χ0v) is 18.2. The summed E-state index contributed by atoms with van der Waals surface area (Å²) >= 11 is 0. The Hall–Kier alpha value is -2.08. The van der Waals surface area contributed by atoms with Crippen LogP contribution in [0.1, 0.15) is 37.3 Å². The second kappa shape index (κ2) is 11.1. The molecular formula is C22H37N5O. The number of carbonyl (C=O) groups excluding carboxylic acids is 1. The minimum Gasteiger partial charge on any atom is -0.357 e. The molecule has 0 saturated carbocycles. The molecule has 28 heavy (non-hydrogen) atoms. The van der Waals surface area contributed by atoms with E-state index >= 15 is 0 Å². The third-order valence-electron chi connectivity index (χ3n) is 5.19. The van der Waals surface area contributed by atoms with Crippen LogP contribution < -0.4 is 5.32 Å². The van der Waals surface area contributed by atoms with Crippen LogP contribution >= 0.6 is 0 Å². The van der Waals surface area contributed by atoms with Gasteiger partial charge in [0, 0.05) is 47.3 Å². The average Bonchev–Trinajstić information content (AvgIpc) is 3.13. The molecule has 0 bridgehead atoms. The number of hydrogen-bond acceptors (Lipinski definition) is 3. The number of hydrogen-bond donors (Lipinski definition) is 1. The number of rotatable bonds is 8. The van der Waals surface area contributed by atoms with E-state index in [4.69, 9.17) is 4.99 Å². The monoisotopic (exact) mass is 387 g/mol. The van der Waals surface area contributed by atoms with Crippen LogP contribution in [-0.4, -0.2) is 79.9 Å². The van der Waals surface area contributed by atoms with E-state index in [-0.39, 0.29) is 11.9 Å². The second-order valence-electron chi connectivity index (χ2n) is 7.86. The summed E-state index contributed by atoms with van der Waals surface area (Å²) in [5.41, 5.74) is 2.56.